The van der Waals surface area contributed by atoms with Crippen molar-refractivity contribution in [3.8, 4) is 0 Å². The molecule has 1 aliphatic heterocycles. The molecule has 1 N–H and O–H groups in total. The van der Waals surface area contributed by atoms with E-state index in [1.807, 2.05) is 17.9 Å². The van der Waals surface area contributed by atoms with Gasteiger partial charge in [-0.25, -0.2) is 18.4 Å². The molecule has 0 atom stereocenters. The van der Waals surface area contributed by atoms with Gasteiger partial charge in [0.2, 0.25) is 5.95 Å². The first kappa shape index (κ1) is 16.7. The molecule has 128 valence electrons. The van der Waals surface area contributed by atoms with Gasteiger partial charge in [-0.05, 0) is 31.0 Å². The van der Waals surface area contributed by atoms with Crippen LogP contribution in [0.2, 0.25) is 0 Å². The van der Waals surface area contributed by atoms with E-state index >= 15 is 0 Å². The maximum absolute atomic E-state index is 12.6. The molecule has 24 heavy (non-hydrogen) atoms. The van der Waals surface area contributed by atoms with Crippen LogP contribution in [0.5, 0.6) is 0 Å². The number of morpholine rings is 1. The van der Waals surface area contributed by atoms with Crippen LogP contribution >= 0.6 is 0 Å². The fourth-order valence-corrected chi connectivity index (χ4v) is 3.87. The molecular formula is C16H20N4O3S. The van der Waals surface area contributed by atoms with Crippen LogP contribution in [-0.4, -0.2) is 44.7 Å². The maximum atomic E-state index is 12.6. The van der Waals surface area contributed by atoms with E-state index in [0.717, 1.165) is 18.7 Å². The summed E-state index contributed by atoms with van der Waals surface area (Å²) in [6.45, 7) is 6.38. The summed E-state index contributed by atoms with van der Waals surface area (Å²) in [6, 6.07) is 5.33. The third-order valence-electron chi connectivity index (χ3n) is 3.82. The van der Waals surface area contributed by atoms with Crippen molar-refractivity contribution in [1.82, 2.24) is 9.97 Å². The lowest BCUT2D eigenvalue weighted by Gasteiger charge is -2.26. The predicted molar refractivity (Wildman–Crippen MR) is 91.8 cm³/mol. The standard InChI is InChI=1S/C16H20N4O3S/c1-12-3-4-13(2)15(9-12)24(21,22)19-14-10-17-16(18-11-14)20-5-7-23-8-6-20/h3-4,9-11,19H,5-8H2,1-2H3. The lowest BCUT2D eigenvalue weighted by atomic mass is 10.2. The monoisotopic (exact) mass is 348 g/mol. The zero-order chi connectivity index (χ0) is 17.2. The highest BCUT2D eigenvalue weighted by atomic mass is 32.2. The van der Waals surface area contributed by atoms with E-state index in [1.165, 1.54) is 12.4 Å². The zero-order valence-electron chi connectivity index (χ0n) is 13.7. The van der Waals surface area contributed by atoms with Crippen LogP contribution in [0.3, 0.4) is 0 Å². The summed E-state index contributed by atoms with van der Waals surface area (Å²) in [4.78, 5) is 10.8. The van der Waals surface area contributed by atoms with Gasteiger partial charge in [-0.1, -0.05) is 12.1 Å². The van der Waals surface area contributed by atoms with Crippen LogP contribution in [-0.2, 0) is 14.8 Å². The van der Waals surface area contributed by atoms with Gasteiger partial charge in [0.15, 0.2) is 0 Å². The summed E-state index contributed by atoms with van der Waals surface area (Å²) in [5.41, 5.74) is 1.92. The number of hydrogen-bond acceptors (Lipinski definition) is 6. The molecule has 2 aromatic rings. The Bertz CT molecular complexity index is 816. The van der Waals surface area contributed by atoms with E-state index in [-0.39, 0.29) is 4.90 Å². The van der Waals surface area contributed by atoms with Crippen molar-refractivity contribution in [2.45, 2.75) is 18.7 Å². The van der Waals surface area contributed by atoms with Gasteiger partial charge in [0.25, 0.3) is 10.0 Å². The Hall–Kier alpha value is -2.19. The Morgan fingerprint density at radius 1 is 1.12 bits per heavy atom. The summed E-state index contributed by atoms with van der Waals surface area (Å²) in [5.74, 6) is 0.577. The van der Waals surface area contributed by atoms with E-state index in [1.54, 1.807) is 19.1 Å². The highest BCUT2D eigenvalue weighted by Gasteiger charge is 2.18. The lowest BCUT2D eigenvalue weighted by molar-refractivity contribution is 0.122. The average molecular weight is 348 g/mol. The molecule has 1 saturated heterocycles. The largest absolute Gasteiger partial charge is 0.378 e. The van der Waals surface area contributed by atoms with E-state index in [9.17, 15) is 8.42 Å². The van der Waals surface area contributed by atoms with Crippen LogP contribution < -0.4 is 9.62 Å². The maximum Gasteiger partial charge on any atom is 0.262 e. The second-order valence-corrected chi connectivity index (χ2v) is 7.40. The fraction of sp³-hybridized carbons (Fsp3) is 0.375. The van der Waals surface area contributed by atoms with Gasteiger partial charge < -0.3 is 9.64 Å². The number of rotatable bonds is 4. The van der Waals surface area contributed by atoms with Crippen LogP contribution in [0.15, 0.2) is 35.5 Å². The summed E-state index contributed by atoms with van der Waals surface area (Å²) >= 11 is 0. The number of aryl methyl sites for hydroxylation is 2. The number of nitrogens with zero attached hydrogens (tertiary/aromatic N) is 3. The van der Waals surface area contributed by atoms with E-state index in [4.69, 9.17) is 4.74 Å². The third kappa shape index (κ3) is 3.65. The SMILES string of the molecule is Cc1ccc(C)c(S(=O)(=O)Nc2cnc(N3CCOCC3)nc2)c1. The number of hydrogen-bond donors (Lipinski definition) is 1. The molecule has 7 nitrogen and oxygen atoms in total. The van der Waals surface area contributed by atoms with Crippen molar-refractivity contribution in [2.24, 2.45) is 0 Å². The molecule has 0 saturated carbocycles. The van der Waals surface area contributed by atoms with Gasteiger partial charge in [0.1, 0.15) is 0 Å². The van der Waals surface area contributed by atoms with Gasteiger partial charge in [-0.3, -0.25) is 4.72 Å². The summed E-state index contributed by atoms with van der Waals surface area (Å²) in [6.07, 6.45) is 2.97. The molecule has 0 radical (unpaired) electrons. The molecule has 2 heterocycles. The number of sulfonamides is 1. The Balaban J connectivity index is 1.78. The molecule has 0 spiro atoms. The number of nitrogens with one attached hydrogen (secondary N) is 1. The van der Waals surface area contributed by atoms with E-state index in [2.05, 4.69) is 14.7 Å². The summed E-state index contributed by atoms with van der Waals surface area (Å²) in [7, 11) is -3.67. The third-order valence-corrected chi connectivity index (χ3v) is 5.34. The molecule has 0 amide bonds. The Labute approximate surface area is 141 Å². The average Bonchev–Trinajstić information content (AvgIpc) is 2.58. The normalized spacial score (nSPS) is 15.3. The van der Waals surface area contributed by atoms with Gasteiger partial charge in [0, 0.05) is 13.1 Å². The Kier molecular flexibility index (Phi) is 4.68. The zero-order valence-corrected chi connectivity index (χ0v) is 14.5. The van der Waals surface area contributed by atoms with Gasteiger partial charge in [0.05, 0.1) is 36.2 Å². The smallest absolute Gasteiger partial charge is 0.262 e. The number of ether oxygens (including phenoxy) is 1. The van der Waals surface area contributed by atoms with Crippen LogP contribution in [0.25, 0.3) is 0 Å². The Morgan fingerprint density at radius 2 is 1.79 bits per heavy atom. The quantitative estimate of drug-likeness (QED) is 0.906. The molecule has 0 aliphatic carbocycles. The molecule has 1 aliphatic rings. The number of aromatic nitrogens is 2. The second-order valence-electron chi connectivity index (χ2n) is 5.75. The predicted octanol–water partition coefficient (Wildman–Crippen LogP) is 1.73. The van der Waals surface area contributed by atoms with Gasteiger partial charge in [-0.15, -0.1) is 0 Å². The highest BCUT2D eigenvalue weighted by Crippen LogP contribution is 2.20. The minimum atomic E-state index is -3.67. The topological polar surface area (TPSA) is 84.4 Å². The Morgan fingerprint density at radius 3 is 2.46 bits per heavy atom. The van der Waals surface area contributed by atoms with Crippen molar-refractivity contribution in [2.75, 3.05) is 35.9 Å². The second kappa shape index (κ2) is 6.74. The molecule has 1 aromatic carbocycles. The van der Waals surface area contributed by atoms with Gasteiger partial charge >= 0.3 is 0 Å². The fourth-order valence-electron chi connectivity index (χ4n) is 2.51. The minimum absolute atomic E-state index is 0.264. The first-order valence-electron chi connectivity index (χ1n) is 7.70. The van der Waals surface area contributed by atoms with Crippen LogP contribution in [0.1, 0.15) is 11.1 Å². The molecular weight excluding hydrogens is 328 g/mol. The first-order valence-corrected chi connectivity index (χ1v) is 9.19. The summed E-state index contributed by atoms with van der Waals surface area (Å²) in [5, 5.41) is 0. The minimum Gasteiger partial charge on any atom is -0.378 e. The van der Waals surface area contributed by atoms with Crippen molar-refractivity contribution in [3.05, 3.63) is 41.7 Å². The molecule has 0 bridgehead atoms. The van der Waals surface area contributed by atoms with Crippen LogP contribution in [0.4, 0.5) is 11.6 Å². The highest BCUT2D eigenvalue weighted by molar-refractivity contribution is 7.92. The van der Waals surface area contributed by atoms with Crippen molar-refractivity contribution in [3.63, 3.8) is 0 Å². The van der Waals surface area contributed by atoms with Crippen LogP contribution in [0, 0.1) is 13.8 Å². The summed E-state index contributed by atoms with van der Waals surface area (Å²) < 4.78 is 33.0. The molecule has 3 rings (SSSR count). The molecule has 8 heteroatoms. The first-order chi connectivity index (χ1) is 11.5. The van der Waals surface area contributed by atoms with Crippen molar-refractivity contribution in [1.29, 1.82) is 0 Å². The van der Waals surface area contributed by atoms with E-state index in [0.29, 0.717) is 30.4 Å². The lowest BCUT2D eigenvalue weighted by Crippen LogP contribution is -2.37. The van der Waals surface area contributed by atoms with Crippen molar-refractivity contribution < 1.29 is 13.2 Å². The molecule has 1 fully saturated rings. The van der Waals surface area contributed by atoms with Crippen molar-refractivity contribution >= 4 is 21.7 Å². The molecule has 0 unspecified atom stereocenters. The van der Waals surface area contributed by atoms with E-state index < -0.39 is 10.0 Å². The molecule has 1 aromatic heterocycles. The number of anilines is 2. The number of benzene rings is 1. The van der Waals surface area contributed by atoms with Gasteiger partial charge in [-0.2, -0.15) is 0 Å².